The van der Waals surface area contributed by atoms with Gasteiger partial charge in [-0.25, -0.2) is 0 Å². The Hall–Kier alpha value is -2.59. The molecule has 146 valence electrons. The summed E-state index contributed by atoms with van der Waals surface area (Å²) in [5, 5.41) is 4.27. The molecular weight excluding hydrogens is 346 g/mol. The molecule has 2 heterocycles. The summed E-state index contributed by atoms with van der Waals surface area (Å²) in [6.07, 6.45) is 2.47. The van der Waals surface area contributed by atoms with E-state index < -0.39 is 0 Å². The van der Waals surface area contributed by atoms with Gasteiger partial charge in [0.15, 0.2) is 0 Å². The van der Waals surface area contributed by atoms with Crippen molar-refractivity contribution in [1.82, 2.24) is 14.8 Å². The number of rotatable bonds is 5. The van der Waals surface area contributed by atoms with Crippen molar-refractivity contribution in [2.24, 2.45) is 7.05 Å². The molecule has 0 radical (unpaired) electrons. The molecule has 4 nitrogen and oxygen atoms in total. The minimum absolute atomic E-state index is 0.00900. The maximum absolute atomic E-state index is 12.7. The largest absolute Gasteiger partial charge is 0.349 e. The van der Waals surface area contributed by atoms with Gasteiger partial charge in [0.25, 0.3) is 5.91 Å². The zero-order chi connectivity index (χ0) is 19.5. The van der Waals surface area contributed by atoms with Gasteiger partial charge in [0, 0.05) is 37.6 Å². The van der Waals surface area contributed by atoms with E-state index in [4.69, 9.17) is 0 Å². The first-order valence-electron chi connectivity index (χ1n) is 10.2. The SMILES string of the molecule is Cc1cccc2c1cc(C(=O)NCCN1CCC[C@@H](c3ccccc3)C1)n2C. The van der Waals surface area contributed by atoms with Crippen molar-refractivity contribution in [3.05, 3.63) is 71.4 Å². The second kappa shape index (κ2) is 8.19. The summed E-state index contributed by atoms with van der Waals surface area (Å²) in [4.78, 5) is 15.2. The molecule has 3 aromatic rings. The first-order chi connectivity index (χ1) is 13.6. The highest BCUT2D eigenvalue weighted by Crippen LogP contribution is 2.26. The van der Waals surface area contributed by atoms with Crippen molar-refractivity contribution in [2.75, 3.05) is 26.2 Å². The van der Waals surface area contributed by atoms with Gasteiger partial charge in [0.2, 0.25) is 0 Å². The number of fused-ring (bicyclic) bond motifs is 1. The van der Waals surface area contributed by atoms with E-state index in [0.29, 0.717) is 12.5 Å². The minimum Gasteiger partial charge on any atom is -0.349 e. The molecule has 0 spiro atoms. The van der Waals surface area contributed by atoms with Crippen LogP contribution in [0.1, 0.15) is 40.4 Å². The van der Waals surface area contributed by atoms with Gasteiger partial charge in [-0.15, -0.1) is 0 Å². The predicted molar refractivity (Wildman–Crippen MR) is 115 cm³/mol. The molecule has 0 unspecified atom stereocenters. The lowest BCUT2D eigenvalue weighted by molar-refractivity contribution is 0.0938. The van der Waals surface area contributed by atoms with E-state index in [9.17, 15) is 4.79 Å². The molecule has 1 N–H and O–H groups in total. The highest BCUT2D eigenvalue weighted by atomic mass is 16.1. The Morgan fingerprint density at radius 1 is 1.14 bits per heavy atom. The average molecular weight is 376 g/mol. The number of benzene rings is 2. The van der Waals surface area contributed by atoms with Crippen LogP contribution in [0.2, 0.25) is 0 Å². The number of carbonyl (C=O) groups excluding carboxylic acids is 1. The smallest absolute Gasteiger partial charge is 0.267 e. The van der Waals surface area contributed by atoms with Crippen LogP contribution in [0.25, 0.3) is 10.9 Å². The Morgan fingerprint density at radius 2 is 1.96 bits per heavy atom. The van der Waals surface area contributed by atoms with Gasteiger partial charge in [0.05, 0.1) is 0 Å². The van der Waals surface area contributed by atoms with Crippen molar-refractivity contribution >= 4 is 16.8 Å². The summed E-state index contributed by atoms with van der Waals surface area (Å²) in [6.45, 7) is 5.86. The monoisotopic (exact) mass is 375 g/mol. The van der Waals surface area contributed by atoms with Gasteiger partial charge in [-0.3, -0.25) is 4.79 Å². The van der Waals surface area contributed by atoms with Crippen LogP contribution < -0.4 is 5.32 Å². The maximum atomic E-state index is 12.7. The predicted octanol–water partition coefficient (Wildman–Crippen LogP) is 4.10. The van der Waals surface area contributed by atoms with Crippen LogP contribution in [-0.4, -0.2) is 41.6 Å². The zero-order valence-corrected chi connectivity index (χ0v) is 16.8. The third-order valence-electron chi connectivity index (χ3n) is 6.03. The molecule has 4 heteroatoms. The number of hydrogen-bond donors (Lipinski definition) is 1. The molecule has 0 aliphatic carbocycles. The van der Waals surface area contributed by atoms with Crippen LogP contribution in [0.3, 0.4) is 0 Å². The summed E-state index contributed by atoms with van der Waals surface area (Å²) >= 11 is 0. The molecule has 1 amide bonds. The van der Waals surface area contributed by atoms with Gasteiger partial charge in [-0.05, 0) is 55.5 Å². The van der Waals surface area contributed by atoms with Gasteiger partial charge in [-0.1, -0.05) is 42.5 Å². The van der Waals surface area contributed by atoms with Crippen LogP contribution in [0.15, 0.2) is 54.6 Å². The van der Waals surface area contributed by atoms with Crippen LogP contribution >= 0.6 is 0 Å². The van der Waals surface area contributed by atoms with Crippen LogP contribution in [0, 0.1) is 6.92 Å². The number of nitrogens with one attached hydrogen (secondary N) is 1. The Labute approximate surface area is 167 Å². The van der Waals surface area contributed by atoms with E-state index in [0.717, 1.165) is 36.2 Å². The van der Waals surface area contributed by atoms with E-state index in [1.54, 1.807) is 0 Å². The molecule has 1 aromatic heterocycles. The van der Waals surface area contributed by atoms with Gasteiger partial charge >= 0.3 is 0 Å². The fourth-order valence-electron chi connectivity index (χ4n) is 4.40. The first-order valence-corrected chi connectivity index (χ1v) is 10.2. The van der Waals surface area contributed by atoms with Crippen LogP contribution in [-0.2, 0) is 7.05 Å². The maximum Gasteiger partial charge on any atom is 0.267 e. The standard InChI is InChI=1S/C24H29N3O/c1-18-8-6-12-22-21(18)16-23(26(22)2)24(28)25-13-15-27-14-7-11-20(17-27)19-9-4-3-5-10-19/h3-6,8-10,12,16,20H,7,11,13-15,17H2,1-2H3,(H,25,28)/t20-/m1/s1. The average Bonchev–Trinajstić information content (AvgIpc) is 3.07. The third-order valence-corrected chi connectivity index (χ3v) is 6.03. The van der Waals surface area contributed by atoms with Gasteiger partial charge in [0.1, 0.15) is 5.69 Å². The normalized spacial score (nSPS) is 17.7. The molecule has 2 aromatic carbocycles. The van der Waals surface area contributed by atoms with Gasteiger partial charge in [-0.2, -0.15) is 0 Å². The molecule has 1 atom stereocenters. The summed E-state index contributed by atoms with van der Waals surface area (Å²) < 4.78 is 1.99. The second-order valence-corrected chi connectivity index (χ2v) is 7.90. The Balaban J connectivity index is 1.34. The molecule has 1 aliphatic rings. The molecule has 4 rings (SSSR count). The molecule has 28 heavy (non-hydrogen) atoms. The second-order valence-electron chi connectivity index (χ2n) is 7.90. The van der Waals surface area contributed by atoms with Gasteiger partial charge < -0.3 is 14.8 Å². The van der Waals surface area contributed by atoms with Crippen LogP contribution in [0.5, 0.6) is 0 Å². The first kappa shape index (κ1) is 18.8. The number of likely N-dealkylation sites (tertiary alicyclic amines) is 1. The molecular formula is C24H29N3O. The quantitative estimate of drug-likeness (QED) is 0.729. The van der Waals surface area contributed by atoms with Crippen molar-refractivity contribution in [3.8, 4) is 0 Å². The van der Waals surface area contributed by atoms with E-state index in [1.807, 2.05) is 23.7 Å². The molecule has 1 fully saturated rings. The number of piperidine rings is 1. The third kappa shape index (κ3) is 3.83. The number of hydrogen-bond acceptors (Lipinski definition) is 2. The molecule has 0 saturated carbocycles. The van der Waals surface area contributed by atoms with Crippen molar-refractivity contribution in [3.63, 3.8) is 0 Å². The number of carbonyl (C=O) groups is 1. The summed E-state index contributed by atoms with van der Waals surface area (Å²) in [6, 6.07) is 19.0. The highest BCUT2D eigenvalue weighted by molar-refractivity contribution is 5.99. The Kier molecular flexibility index (Phi) is 5.49. The fraction of sp³-hybridized carbons (Fsp3) is 0.375. The topological polar surface area (TPSA) is 37.3 Å². The van der Waals surface area contributed by atoms with E-state index >= 15 is 0 Å². The van der Waals surface area contributed by atoms with Crippen LogP contribution in [0.4, 0.5) is 0 Å². The molecule has 1 aliphatic heterocycles. The van der Waals surface area contributed by atoms with E-state index in [2.05, 4.69) is 59.6 Å². The van der Waals surface area contributed by atoms with Crippen molar-refractivity contribution in [1.29, 1.82) is 0 Å². The molecule has 0 bridgehead atoms. The van der Waals surface area contributed by atoms with E-state index in [-0.39, 0.29) is 5.91 Å². The number of aryl methyl sites for hydroxylation is 2. The summed E-state index contributed by atoms with van der Waals surface area (Å²) in [5.41, 5.74) is 4.46. The summed E-state index contributed by atoms with van der Waals surface area (Å²) in [5.74, 6) is 0.613. The van der Waals surface area contributed by atoms with Crippen molar-refractivity contribution in [2.45, 2.75) is 25.7 Å². The Morgan fingerprint density at radius 3 is 2.75 bits per heavy atom. The molecule has 1 saturated heterocycles. The minimum atomic E-state index is 0.00900. The lowest BCUT2D eigenvalue weighted by Crippen LogP contribution is -2.40. The number of nitrogens with zero attached hydrogens (tertiary/aromatic N) is 2. The fourth-order valence-corrected chi connectivity index (χ4v) is 4.40. The highest BCUT2D eigenvalue weighted by Gasteiger charge is 2.21. The summed E-state index contributed by atoms with van der Waals surface area (Å²) in [7, 11) is 1.96. The van der Waals surface area contributed by atoms with E-state index in [1.165, 1.54) is 24.0 Å². The zero-order valence-electron chi connectivity index (χ0n) is 16.8. The number of amides is 1. The Bertz CT molecular complexity index is 961. The lowest BCUT2D eigenvalue weighted by Gasteiger charge is -2.33. The lowest BCUT2D eigenvalue weighted by atomic mass is 9.91. The van der Waals surface area contributed by atoms with Crippen molar-refractivity contribution < 1.29 is 4.79 Å². The number of aromatic nitrogens is 1.